The minimum Gasteiger partial charge on any atom is -0.353 e. The van der Waals surface area contributed by atoms with Crippen molar-refractivity contribution in [3.63, 3.8) is 0 Å². The first-order valence-electron chi connectivity index (χ1n) is 12.8. The number of hydrogen-bond donors (Lipinski definition) is 0. The van der Waals surface area contributed by atoms with Crippen LogP contribution in [0.25, 0.3) is 0 Å². The van der Waals surface area contributed by atoms with Gasteiger partial charge in [-0.05, 0) is 117 Å². The minimum absolute atomic E-state index is 0.0677. The molecule has 4 saturated carbocycles. The Morgan fingerprint density at radius 1 is 0.931 bits per heavy atom. The van der Waals surface area contributed by atoms with E-state index in [2.05, 4.69) is 13.8 Å². The number of aldehydes is 1. The van der Waals surface area contributed by atoms with Crippen molar-refractivity contribution in [3.8, 4) is 0 Å². The van der Waals surface area contributed by atoms with E-state index in [1.807, 2.05) is 0 Å². The zero-order valence-corrected chi connectivity index (χ0v) is 18.7. The van der Waals surface area contributed by atoms with E-state index in [4.69, 9.17) is 9.47 Å². The van der Waals surface area contributed by atoms with E-state index < -0.39 is 0 Å². The van der Waals surface area contributed by atoms with E-state index in [9.17, 15) is 4.79 Å². The van der Waals surface area contributed by atoms with Gasteiger partial charge in [-0.2, -0.15) is 0 Å². The maximum atomic E-state index is 11.3. The van der Waals surface area contributed by atoms with Gasteiger partial charge in [-0.1, -0.05) is 13.8 Å². The van der Waals surface area contributed by atoms with Crippen LogP contribution >= 0.6 is 0 Å². The zero-order chi connectivity index (χ0) is 20.1. The Morgan fingerprint density at radius 2 is 1.76 bits per heavy atom. The Hall–Kier alpha value is -0.410. The van der Waals surface area contributed by atoms with Crippen LogP contribution in [0.1, 0.15) is 97.3 Å². The number of carbonyl (C=O) groups is 1. The molecular formula is C26H42O3. The fourth-order valence-electron chi connectivity index (χ4n) is 8.99. The van der Waals surface area contributed by atoms with Gasteiger partial charge in [0.05, 0.1) is 6.10 Å². The Labute approximate surface area is 177 Å². The lowest BCUT2D eigenvalue weighted by Gasteiger charge is -2.61. The molecule has 5 aliphatic rings. The van der Waals surface area contributed by atoms with Gasteiger partial charge >= 0.3 is 0 Å². The maximum Gasteiger partial charge on any atom is 0.157 e. The second-order valence-electron chi connectivity index (χ2n) is 11.7. The molecule has 0 aromatic rings. The Balaban J connectivity index is 1.27. The molecule has 0 N–H and O–H groups in total. The average molecular weight is 403 g/mol. The summed E-state index contributed by atoms with van der Waals surface area (Å²) in [5.74, 6) is 4.17. The summed E-state index contributed by atoms with van der Waals surface area (Å²) in [7, 11) is 0. The van der Waals surface area contributed by atoms with Gasteiger partial charge < -0.3 is 14.3 Å². The largest absolute Gasteiger partial charge is 0.353 e. The Bertz CT molecular complexity index is 599. The second kappa shape index (κ2) is 7.93. The monoisotopic (exact) mass is 402 g/mol. The third-order valence-corrected chi connectivity index (χ3v) is 10.7. The summed E-state index contributed by atoms with van der Waals surface area (Å²) < 4.78 is 12.3. The highest BCUT2D eigenvalue weighted by Crippen LogP contribution is 2.67. The molecule has 0 aromatic heterocycles. The van der Waals surface area contributed by atoms with Gasteiger partial charge in [-0.25, -0.2) is 0 Å². The molecular weight excluding hydrogens is 360 g/mol. The van der Waals surface area contributed by atoms with Gasteiger partial charge in [0.15, 0.2) is 6.29 Å². The molecule has 164 valence electrons. The normalized spacial score (nSPS) is 52.3. The summed E-state index contributed by atoms with van der Waals surface area (Å²) in [6.45, 7) is 6.06. The molecule has 5 fully saturated rings. The first-order chi connectivity index (χ1) is 14.0. The summed E-state index contributed by atoms with van der Waals surface area (Å²) in [4.78, 5) is 11.3. The number of hydrogen-bond acceptors (Lipinski definition) is 3. The SMILES string of the molecule is C[C@]12CCC3C(CC[C@H]4CC(OC5CCCCO5)CC[C@]34C)[C@@H]1CC[C@@H]2CC=O. The van der Waals surface area contributed by atoms with Crippen LogP contribution in [-0.2, 0) is 14.3 Å². The zero-order valence-electron chi connectivity index (χ0n) is 18.7. The molecule has 5 rings (SSSR count). The van der Waals surface area contributed by atoms with Crippen LogP contribution in [0.2, 0.25) is 0 Å². The lowest BCUT2D eigenvalue weighted by Crippen LogP contribution is -2.54. The smallest absolute Gasteiger partial charge is 0.157 e. The molecule has 1 heterocycles. The molecule has 1 aliphatic heterocycles. The first-order valence-corrected chi connectivity index (χ1v) is 12.8. The molecule has 9 atom stereocenters. The van der Waals surface area contributed by atoms with Crippen molar-refractivity contribution >= 4 is 6.29 Å². The highest BCUT2D eigenvalue weighted by atomic mass is 16.7. The summed E-state index contributed by atoms with van der Waals surface area (Å²) in [5, 5.41) is 0. The van der Waals surface area contributed by atoms with Gasteiger partial charge in [-0.15, -0.1) is 0 Å². The summed E-state index contributed by atoms with van der Waals surface area (Å²) in [6.07, 6.45) is 18.1. The highest BCUT2D eigenvalue weighted by Gasteiger charge is 2.60. The molecule has 0 aromatic carbocycles. The lowest BCUT2D eigenvalue weighted by molar-refractivity contribution is -0.212. The number of carbonyl (C=O) groups excluding carboxylic acids is 1. The molecule has 1 saturated heterocycles. The summed E-state index contributed by atoms with van der Waals surface area (Å²) >= 11 is 0. The average Bonchev–Trinajstić information content (AvgIpc) is 3.06. The Kier molecular flexibility index (Phi) is 5.60. The minimum atomic E-state index is 0.0677. The van der Waals surface area contributed by atoms with Crippen LogP contribution < -0.4 is 0 Å². The van der Waals surface area contributed by atoms with Crippen LogP contribution in [0.5, 0.6) is 0 Å². The molecule has 0 radical (unpaired) electrons. The lowest BCUT2D eigenvalue weighted by atomic mass is 9.44. The second-order valence-corrected chi connectivity index (χ2v) is 11.7. The Morgan fingerprint density at radius 3 is 2.55 bits per heavy atom. The van der Waals surface area contributed by atoms with E-state index in [1.54, 1.807) is 0 Å². The number of ether oxygens (including phenoxy) is 2. The molecule has 3 heteroatoms. The van der Waals surface area contributed by atoms with Crippen molar-refractivity contribution in [1.29, 1.82) is 0 Å². The number of fused-ring (bicyclic) bond motifs is 5. The summed E-state index contributed by atoms with van der Waals surface area (Å²) in [6, 6.07) is 0. The van der Waals surface area contributed by atoms with Crippen LogP contribution in [-0.4, -0.2) is 25.3 Å². The van der Waals surface area contributed by atoms with Crippen molar-refractivity contribution in [3.05, 3.63) is 0 Å². The fraction of sp³-hybridized carbons (Fsp3) is 0.962. The topological polar surface area (TPSA) is 35.5 Å². The molecule has 4 unspecified atom stereocenters. The van der Waals surface area contributed by atoms with Crippen molar-refractivity contribution in [2.24, 2.45) is 40.4 Å². The first kappa shape index (κ1) is 20.5. The van der Waals surface area contributed by atoms with Crippen LogP contribution in [0.4, 0.5) is 0 Å². The quantitative estimate of drug-likeness (QED) is 0.418. The van der Waals surface area contributed by atoms with Crippen LogP contribution in [0.15, 0.2) is 0 Å². The third kappa shape index (κ3) is 3.43. The fourth-order valence-corrected chi connectivity index (χ4v) is 8.99. The van der Waals surface area contributed by atoms with E-state index in [-0.39, 0.29) is 6.29 Å². The van der Waals surface area contributed by atoms with E-state index in [1.165, 1.54) is 76.9 Å². The molecule has 0 spiro atoms. The van der Waals surface area contributed by atoms with E-state index in [0.717, 1.165) is 43.1 Å². The summed E-state index contributed by atoms with van der Waals surface area (Å²) in [5.41, 5.74) is 0.949. The van der Waals surface area contributed by atoms with Gasteiger partial charge in [0.2, 0.25) is 0 Å². The van der Waals surface area contributed by atoms with Crippen molar-refractivity contribution in [2.45, 2.75) is 110 Å². The van der Waals surface area contributed by atoms with Gasteiger partial charge in [-0.3, -0.25) is 0 Å². The van der Waals surface area contributed by atoms with E-state index in [0.29, 0.717) is 22.9 Å². The third-order valence-electron chi connectivity index (χ3n) is 10.7. The molecule has 0 bridgehead atoms. The van der Waals surface area contributed by atoms with Gasteiger partial charge in [0.25, 0.3) is 0 Å². The molecule has 3 nitrogen and oxygen atoms in total. The van der Waals surface area contributed by atoms with Crippen molar-refractivity contribution in [1.82, 2.24) is 0 Å². The van der Waals surface area contributed by atoms with Crippen molar-refractivity contribution in [2.75, 3.05) is 6.61 Å². The molecule has 0 amide bonds. The van der Waals surface area contributed by atoms with E-state index >= 15 is 0 Å². The maximum absolute atomic E-state index is 11.3. The van der Waals surface area contributed by atoms with Gasteiger partial charge in [0.1, 0.15) is 6.29 Å². The molecule has 4 aliphatic carbocycles. The van der Waals surface area contributed by atoms with Crippen LogP contribution in [0, 0.1) is 40.4 Å². The van der Waals surface area contributed by atoms with Crippen molar-refractivity contribution < 1.29 is 14.3 Å². The predicted molar refractivity (Wildman–Crippen MR) is 114 cm³/mol. The standard InChI is InChI=1S/C26H42O3/c1-25-14-11-23-21(22(25)9-7-18(25)12-15-27)8-6-19-17-20(10-13-26(19,23)2)29-24-5-3-4-16-28-24/h15,18-24H,3-14,16-17H2,1-2H3/t18-,19+,20?,21?,22+,23?,24?,25-,26+/m1/s1. The molecule has 29 heavy (non-hydrogen) atoms. The highest BCUT2D eigenvalue weighted by molar-refractivity contribution is 5.50. The van der Waals surface area contributed by atoms with Gasteiger partial charge in [0, 0.05) is 13.0 Å². The van der Waals surface area contributed by atoms with Crippen LogP contribution in [0.3, 0.4) is 0 Å². The predicted octanol–water partition coefficient (Wildman–Crippen LogP) is 6.15. The number of rotatable bonds is 4.